The third kappa shape index (κ3) is 5.00. The second-order valence-electron chi connectivity index (χ2n) is 5.70. The van der Waals surface area contributed by atoms with E-state index in [0.29, 0.717) is 0 Å². The zero-order valence-electron chi connectivity index (χ0n) is 13.8. The molecule has 0 unspecified atom stereocenters. The highest BCUT2D eigenvalue weighted by molar-refractivity contribution is 5.48. The lowest BCUT2D eigenvalue weighted by Gasteiger charge is -2.13. The Kier molecular flexibility index (Phi) is 5.72. The Bertz CT molecular complexity index is 610. The number of nitrogens with one attached hydrogen (secondary N) is 2. The van der Waals surface area contributed by atoms with Crippen molar-refractivity contribution in [3.05, 3.63) is 47.3 Å². The van der Waals surface area contributed by atoms with Gasteiger partial charge in [0.25, 0.3) is 0 Å². The van der Waals surface area contributed by atoms with Crippen LogP contribution in [0.4, 0.5) is 11.6 Å². The maximum atomic E-state index is 4.45. The van der Waals surface area contributed by atoms with Crippen LogP contribution in [0.5, 0.6) is 0 Å². The minimum absolute atomic E-state index is 0.764. The van der Waals surface area contributed by atoms with Crippen LogP contribution in [0.15, 0.2) is 30.3 Å². The summed E-state index contributed by atoms with van der Waals surface area (Å²) >= 11 is 0. The van der Waals surface area contributed by atoms with Crippen LogP contribution in [-0.4, -0.2) is 42.1 Å². The molecule has 0 spiro atoms. The lowest BCUT2D eigenvalue weighted by atomic mass is 10.1. The van der Waals surface area contributed by atoms with Crippen molar-refractivity contribution < 1.29 is 0 Å². The zero-order chi connectivity index (χ0) is 15.9. The van der Waals surface area contributed by atoms with Crippen molar-refractivity contribution in [3.8, 4) is 0 Å². The van der Waals surface area contributed by atoms with Crippen LogP contribution in [0.25, 0.3) is 0 Å². The standard InChI is InChI=1S/C17H25N5/c1-13-7-5-6-8-15(13)12-19-17-11-16(20-14(2)21-17)18-9-10-22(3)4/h5-8,11H,9-10,12H2,1-4H3,(H2,18,19,20,21). The molecule has 5 heteroatoms. The Morgan fingerprint density at radius 1 is 1.00 bits per heavy atom. The monoisotopic (exact) mass is 299 g/mol. The van der Waals surface area contributed by atoms with Crippen molar-refractivity contribution in [2.75, 3.05) is 37.8 Å². The van der Waals surface area contributed by atoms with E-state index in [1.165, 1.54) is 11.1 Å². The second kappa shape index (κ2) is 7.75. The number of benzene rings is 1. The number of nitrogens with zero attached hydrogens (tertiary/aromatic N) is 3. The van der Waals surface area contributed by atoms with Gasteiger partial charge >= 0.3 is 0 Å². The summed E-state index contributed by atoms with van der Waals surface area (Å²) in [6.45, 7) is 6.63. The van der Waals surface area contributed by atoms with Crippen LogP contribution < -0.4 is 10.6 Å². The van der Waals surface area contributed by atoms with Gasteiger partial charge in [-0.25, -0.2) is 9.97 Å². The number of anilines is 2. The molecule has 0 aliphatic rings. The molecule has 0 radical (unpaired) electrons. The fourth-order valence-corrected chi connectivity index (χ4v) is 2.15. The Balaban J connectivity index is 1.99. The maximum absolute atomic E-state index is 4.45. The molecular formula is C17H25N5. The molecule has 0 aliphatic heterocycles. The fourth-order valence-electron chi connectivity index (χ4n) is 2.15. The Labute approximate surface area is 132 Å². The predicted molar refractivity (Wildman–Crippen MR) is 92.3 cm³/mol. The average Bonchev–Trinajstić information content (AvgIpc) is 2.45. The molecule has 1 aromatic carbocycles. The van der Waals surface area contributed by atoms with Crippen molar-refractivity contribution in [1.29, 1.82) is 0 Å². The summed E-state index contributed by atoms with van der Waals surface area (Å²) in [5.41, 5.74) is 2.56. The first-order valence-corrected chi connectivity index (χ1v) is 7.57. The van der Waals surface area contributed by atoms with E-state index >= 15 is 0 Å². The third-order valence-corrected chi connectivity index (χ3v) is 3.42. The summed E-state index contributed by atoms with van der Waals surface area (Å²) in [5, 5.41) is 6.71. The van der Waals surface area contributed by atoms with Crippen LogP contribution >= 0.6 is 0 Å². The number of aromatic nitrogens is 2. The molecule has 118 valence electrons. The van der Waals surface area contributed by atoms with Crippen molar-refractivity contribution in [2.24, 2.45) is 0 Å². The normalized spacial score (nSPS) is 10.8. The molecule has 0 amide bonds. The molecular weight excluding hydrogens is 274 g/mol. The maximum Gasteiger partial charge on any atom is 0.132 e. The molecule has 2 N–H and O–H groups in total. The van der Waals surface area contributed by atoms with E-state index in [1.807, 2.05) is 13.0 Å². The molecule has 5 nitrogen and oxygen atoms in total. The molecule has 0 aliphatic carbocycles. The zero-order valence-corrected chi connectivity index (χ0v) is 13.8. The van der Waals surface area contributed by atoms with Gasteiger partial charge in [-0.1, -0.05) is 24.3 Å². The van der Waals surface area contributed by atoms with E-state index in [9.17, 15) is 0 Å². The predicted octanol–water partition coefficient (Wildman–Crippen LogP) is 2.68. The smallest absolute Gasteiger partial charge is 0.132 e. The summed E-state index contributed by atoms with van der Waals surface area (Å²) in [6, 6.07) is 10.3. The number of hydrogen-bond acceptors (Lipinski definition) is 5. The van der Waals surface area contributed by atoms with Crippen molar-refractivity contribution in [1.82, 2.24) is 14.9 Å². The quantitative estimate of drug-likeness (QED) is 0.823. The molecule has 0 bridgehead atoms. The lowest BCUT2D eigenvalue weighted by Crippen LogP contribution is -2.21. The van der Waals surface area contributed by atoms with Gasteiger partial charge in [0.2, 0.25) is 0 Å². The number of hydrogen-bond donors (Lipinski definition) is 2. The first kappa shape index (κ1) is 16.2. The van der Waals surface area contributed by atoms with Crippen molar-refractivity contribution in [3.63, 3.8) is 0 Å². The lowest BCUT2D eigenvalue weighted by molar-refractivity contribution is 0.425. The Morgan fingerprint density at radius 2 is 1.68 bits per heavy atom. The van der Waals surface area contributed by atoms with Crippen LogP contribution in [0.3, 0.4) is 0 Å². The van der Waals surface area contributed by atoms with Gasteiger partial charge in [-0.15, -0.1) is 0 Å². The van der Waals surface area contributed by atoms with E-state index in [0.717, 1.165) is 37.1 Å². The number of aryl methyl sites for hydroxylation is 2. The minimum atomic E-state index is 0.764. The van der Waals surface area contributed by atoms with Crippen LogP contribution in [-0.2, 0) is 6.54 Å². The molecule has 2 aromatic rings. The van der Waals surface area contributed by atoms with Gasteiger partial charge in [0.15, 0.2) is 0 Å². The Morgan fingerprint density at radius 3 is 2.36 bits per heavy atom. The minimum Gasteiger partial charge on any atom is -0.369 e. The van der Waals surface area contributed by atoms with Crippen LogP contribution in [0.2, 0.25) is 0 Å². The molecule has 2 rings (SSSR count). The van der Waals surface area contributed by atoms with Gasteiger partial charge in [0.1, 0.15) is 17.5 Å². The third-order valence-electron chi connectivity index (χ3n) is 3.42. The number of rotatable bonds is 7. The summed E-state index contributed by atoms with van der Waals surface area (Å²) in [7, 11) is 4.12. The summed E-state index contributed by atoms with van der Waals surface area (Å²) in [5.74, 6) is 2.48. The van der Waals surface area contributed by atoms with E-state index in [-0.39, 0.29) is 0 Å². The summed E-state index contributed by atoms with van der Waals surface area (Å²) in [4.78, 5) is 11.0. The second-order valence-corrected chi connectivity index (χ2v) is 5.70. The first-order chi connectivity index (χ1) is 10.5. The largest absolute Gasteiger partial charge is 0.369 e. The molecule has 0 saturated heterocycles. The van der Waals surface area contributed by atoms with Gasteiger partial charge in [-0.05, 0) is 39.1 Å². The molecule has 0 atom stereocenters. The molecule has 22 heavy (non-hydrogen) atoms. The molecule has 1 heterocycles. The van der Waals surface area contributed by atoms with Crippen molar-refractivity contribution >= 4 is 11.6 Å². The van der Waals surface area contributed by atoms with E-state index in [2.05, 4.69) is 70.8 Å². The topological polar surface area (TPSA) is 53.1 Å². The SMILES string of the molecule is Cc1nc(NCCN(C)C)cc(NCc2ccccc2C)n1. The van der Waals surface area contributed by atoms with Gasteiger partial charge in [-0.2, -0.15) is 0 Å². The fraction of sp³-hybridized carbons (Fsp3) is 0.412. The average molecular weight is 299 g/mol. The highest BCUT2D eigenvalue weighted by Gasteiger charge is 2.03. The first-order valence-electron chi connectivity index (χ1n) is 7.57. The highest BCUT2D eigenvalue weighted by Crippen LogP contribution is 2.14. The summed E-state index contributed by atoms with van der Waals surface area (Å²) < 4.78 is 0. The van der Waals surface area contributed by atoms with Gasteiger partial charge < -0.3 is 15.5 Å². The van der Waals surface area contributed by atoms with Crippen molar-refractivity contribution in [2.45, 2.75) is 20.4 Å². The van der Waals surface area contributed by atoms with E-state index in [1.54, 1.807) is 0 Å². The van der Waals surface area contributed by atoms with Crippen LogP contribution in [0, 0.1) is 13.8 Å². The van der Waals surface area contributed by atoms with E-state index < -0.39 is 0 Å². The summed E-state index contributed by atoms with van der Waals surface area (Å²) in [6.07, 6.45) is 0. The Hall–Kier alpha value is -2.14. The molecule has 1 aromatic heterocycles. The van der Waals surface area contributed by atoms with E-state index in [4.69, 9.17) is 0 Å². The highest BCUT2D eigenvalue weighted by atomic mass is 15.1. The van der Waals surface area contributed by atoms with Gasteiger partial charge in [0.05, 0.1) is 0 Å². The van der Waals surface area contributed by atoms with Gasteiger partial charge in [0, 0.05) is 25.7 Å². The van der Waals surface area contributed by atoms with Crippen LogP contribution in [0.1, 0.15) is 17.0 Å². The number of likely N-dealkylation sites (N-methyl/N-ethyl adjacent to an activating group) is 1. The molecule has 0 saturated carbocycles. The molecule has 0 fully saturated rings. The van der Waals surface area contributed by atoms with Gasteiger partial charge in [-0.3, -0.25) is 0 Å².